The fraction of sp³-hybridized carbons (Fsp3) is 0. The van der Waals surface area contributed by atoms with Gasteiger partial charge in [-0.05, 0) is 94.7 Å². The standard InChI is InChI=1S/C56H36N2/c1-2-14-43(15-3-1)56-57-53(36-54(58-56)46-19-10-18-44(34-46)49-23-11-17-39-12-4-7-20-47(39)49)41-28-24-37(25-29-41)38-26-30-42(31-27-38)55-50-22-9-6-16-45(50)35-52-48-21-8-5-13-40(48)32-33-51(52)55/h1-36H. The number of rotatable bonds is 6. The van der Waals surface area contributed by atoms with Crippen LogP contribution >= 0.6 is 0 Å². The first-order chi connectivity index (χ1) is 28.7. The first-order valence-electron chi connectivity index (χ1n) is 19.8. The molecule has 0 spiro atoms. The lowest BCUT2D eigenvalue weighted by atomic mass is 9.89. The van der Waals surface area contributed by atoms with Crippen LogP contribution in [0.1, 0.15) is 0 Å². The zero-order chi connectivity index (χ0) is 38.4. The molecule has 0 aliphatic carbocycles. The Hall–Kier alpha value is -7.68. The summed E-state index contributed by atoms with van der Waals surface area (Å²) in [5.74, 6) is 0.706. The van der Waals surface area contributed by atoms with Gasteiger partial charge in [-0.2, -0.15) is 0 Å². The molecule has 270 valence electrons. The van der Waals surface area contributed by atoms with E-state index in [0.29, 0.717) is 5.82 Å². The van der Waals surface area contributed by atoms with Crippen LogP contribution in [0.25, 0.3) is 110 Å². The summed E-state index contributed by atoms with van der Waals surface area (Å²) in [5.41, 5.74) is 12.0. The predicted molar refractivity (Wildman–Crippen MR) is 245 cm³/mol. The van der Waals surface area contributed by atoms with E-state index in [1.54, 1.807) is 0 Å². The van der Waals surface area contributed by atoms with E-state index in [-0.39, 0.29) is 0 Å². The van der Waals surface area contributed by atoms with Crippen molar-refractivity contribution in [1.82, 2.24) is 9.97 Å². The van der Waals surface area contributed by atoms with Crippen LogP contribution in [0.3, 0.4) is 0 Å². The molecule has 0 bridgehead atoms. The molecule has 0 fully saturated rings. The molecule has 58 heavy (non-hydrogen) atoms. The first-order valence-corrected chi connectivity index (χ1v) is 19.8. The van der Waals surface area contributed by atoms with Gasteiger partial charge < -0.3 is 0 Å². The highest BCUT2D eigenvalue weighted by Gasteiger charge is 2.15. The monoisotopic (exact) mass is 736 g/mol. The van der Waals surface area contributed by atoms with Crippen molar-refractivity contribution in [3.8, 4) is 67.3 Å². The van der Waals surface area contributed by atoms with Gasteiger partial charge in [0, 0.05) is 16.7 Å². The molecule has 0 saturated heterocycles. The molecule has 0 radical (unpaired) electrons. The van der Waals surface area contributed by atoms with Crippen LogP contribution in [0.2, 0.25) is 0 Å². The Morgan fingerprint density at radius 2 is 0.776 bits per heavy atom. The quantitative estimate of drug-likeness (QED) is 0.125. The zero-order valence-corrected chi connectivity index (χ0v) is 31.7. The molecule has 1 aromatic heterocycles. The van der Waals surface area contributed by atoms with Crippen molar-refractivity contribution in [2.24, 2.45) is 0 Å². The highest BCUT2D eigenvalue weighted by atomic mass is 14.9. The summed E-state index contributed by atoms with van der Waals surface area (Å²) in [4.78, 5) is 10.3. The maximum atomic E-state index is 5.14. The molecular weight excluding hydrogens is 701 g/mol. The minimum absolute atomic E-state index is 0.706. The number of fused-ring (bicyclic) bond motifs is 5. The lowest BCUT2D eigenvalue weighted by Crippen LogP contribution is -1.96. The number of benzene rings is 10. The number of aromatic nitrogens is 2. The molecule has 0 amide bonds. The normalized spacial score (nSPS) is 11.4. The zero-order valence-electron chi connectivity index (χ0n) is 31.7. The smallest absolute Gasteiger partial charge is 0.160 e. The van der Waals surface area contributed by atoms with Crippen LogP contribution in [0.15, 0.2) is 218 Å². The van der Waals surface area contributed by atoms with E-state index in [9.17, 15) is 0 Å². The third-order valence-electron chi connectivity index (χ3n) is 11.5. The van der Waals surface area contributed by atoms with Gasteiger partial charge in [-0.3, -0.25) is 0 Å². The molecule has 0 N–H and O–H groups in total. The van der Waals surface area contributed by atoms with Gasteiger partial charge in [0.1, 0.15) is 0 Å². The van der Waals surface area contributed by atoms with Crippen LogP contribution in [-0.4, -0.2) is 9.97 Å². The Bertz CT molecular complexity index is 3310. The summed E-state index contributed by atoms with van der Waals surface area (Å²) in [6.45, 7) is 0. The Kier molecular flexibility index (Phi) is 8.19. The molecule has 2 nitrogen and oxygen atoms in total. The second-order valence-corrected chi connectivity index (χ2v) is 14.9. The Morgan fingerprint density at radius 1 is 0.241 bits per heavy atom. The Morgan fingerprint density at radius 3 is 1.53 bits per heavy atom. The molecule has 1 heterocycles. The van der Waals surface area contributed by atoms with Crippen molar-refractivity contribution in [1.29, 1.82) is 0 Å². The predicted octanol–water partition coefficient (Wildman–Crippen LogP) is 15.1. The molecule has 0 aliphatic heterocycles. The van der Waals surface area contributed by atoms with Gasteiger partial charge in [0.15, 0.2) is 5.82 Å². The van der Waals surface area contributed by atoms with E-state index in [2.05, 4.69) is 200 Å². The SMILES string of the molecule is c1ccc(-c2nc(-c3ccc(-c4ccc(-c5c6ccccc6cc6c5ccc5ccccc56)cc4)cc3)cc(-c3cccc(-c4cccc5ccccc45)c3)n2)cc1. The van der Waals surface area contributed by atoms with Crippen molar-refractivity contribution in [2.75, 3.05) is 0 Å². The molecule has 10 aromatic carbocycles. The van der Waals surface area contributed by atoms with E-state index in [1.807, 2.05) is 18.2 Å². The van der Waals surface area contributed by atoms with Crippen LogP contribution < -0.4 is 0 Å². The minimum atomic E-state index is 0.706. The Labute approximate surface area is 337 Å². The maximum absolute atomic E-state index is 5.14. The maximum Gasteiger partial charge on any atom is 0.160 e. The average Bonchev–Trinajstić information content (AvgIpc) is 3.31. The van der Waals surface area contributed by atoms with Crippen LogP contribution in [0, 0.1) is 0 Å². The van der Waals surface area contributed by atoms with Crippen molar-refractivity contribution in [2.45, 2.75) is 0 Å². The number of hydrogen-bond acceptors (Lipinski definition) is 2. The van der Waals surface area contributed by atoms with Gasteiger partial charge in [-0.25, -0.2) is 9.97 Å². The third-order valence-corrected chi connectivity index (χ3v) is 11.5. The highest BCUT2D eigenvalue weighted by molar-refractivity contribution is 6.20. The van der Waals surface area contributed by atoms with Gasteiger partial charge in [-0.15, -0.1) is 0 Å². The van der Waals surface area contributed by atoms with Crippen LogP contribution in [0.5, 0.6) is 0 Å². The molecule has 11 aromatic rings. The topological polar surface area (TPSA) is 25.8 Å². The fourth-order valence-corrected chi connectivity index (χ4v) is 8.58. The number of nitrogens with zero attached hydrogens (tertiary/aromatic N) is 2. The molecule has 2 heteroatoms. The van der Waals surface area contributed by atoms with E-state index in [0.717, 1.165) is 39.2 Å². The summed E-state index contributed by atoms with van der Waals surface area (Å²) in [6.07, 6.45) is 0. The summed E-state index contributed by atoms with van der Waals surface area (Å²) in [6, 6.07) is 78.2. The third kappa shape index (κ3) is 6.00. The van der Waals surface area contributed by atoms with E-state index in [4.69, 9.17) is 9.97 Å². The summed E-state index contributed by atoms with van der Waals surface area (Å²) in [5, 5.41) is 10.1. The highest BCUT2D eigenvalue weighted by Crippen LogP contribution is 2.40. The van der Waals surface area contributed by atoms with E-state index >= 15 is 0 Å². The van der Waals surface area contributed by atoms with Crippen molar-refractivity contribution >= 4 is 43.1 Å². The van der Waals surface area contributed by atoms with Crippen molar-refractivity contribution < 1.29 is 0 Å². The minimum Gasteiger partial charge on any atom is -0.228 e. The number of hydrogen-bond donors (Lipinski definition) is 0. The molecular formula is C56H36N2. The Balaban J connectivity index is 0.958. The molecule has 11 rings (SSSR count). The van der Waals surface area contributed by atoms with Gasteiger partial charge in [0.05, 0.1) is 11.4 Å². The summed E-state index contributed by atoms with van der Waals surface area (Å²) in [7, 11) is 0. The van der Waals surface area contributed by atoms with Crippen LogP contribution in [-0.2, 0) is 0 Å². The fourth-order valence-electron chi connectivity index (χ4n) is 8.58. The van der Waals surface area contributed by atoms with Crippen molar-refractivity contribution in [3.05, 3.63) is 218 Å². The molecule has 0 unspecified atom stereocenters. The summed E-state index contributed by atoms with van der Waals surface area (Å²) >= 11 is 0. The lowest BCUT2D eigenvalue weighted by molar-refractivity contribution is 1.18. The van der Waals surface area contributed by atoms with Crippen molar-refractivity contribution in [3.63, 3.8) is 0 Å². The molecule has 0 aliphatic rings. The van der Waals surface area contributed by atoms with Gasteiger partial charge in [0.25, 0.3) is 0 Å². The largest absolute Gasteiger partial charge is 0.228 e. The first kappa shape index (κ1) is 33.6. The van der Waals surface area contributed by atoms with E-state index in [1.165, 1.54) is 65.3 Å². The second kappa shape index (κ2) is 14.1. The van der Waals surface area contributed by atoms with Gasteiger partial charge >= 0.3 is 0 Å². The lowest BCUT2D eigenvalue weighted by Gasteiger charge is -2.14. The van der Waals surface area contributed by atoms with Gasteiger partial charge in [0.2, 0.25) is 0 Å². The van der Waals surface area contributed by atoms with E-state index < -0.39 is 0 Å². The molecule has 0 atom stereocenters. The summed E-state index contributed by atoms with van der Waals surface area (Å²) < 4.78 is 0. The average molecular weight is 737 g/mol. The molecule has 0 saturated carbocycles. The van der Waals surface area contributed by atoms with Crippen LogP contribution in [0.4, 0.5) is 0 Å². The van der Waals surface area contributed by atoms with Gasteiger partial charge in [-0.1, -0.05) is 200 Å². The second-order valence-electron chi connectivity index (χ2n) is 14.9.